The van der Waals surface area contributed by atoms with Crippen LogP contribution in [0.15, 0.2) is 45.1 Å². The second-order valence-electron chi connectivity index (χ2n) is 3.64. The Bertz CT molecular complexity index is 551. The van der Waals surface area contributed by atoms with Crippen LogP contribution in [-0.4, -0.2) is 17.6 Å². The van der Waals surface area contributed by atoms with Crippen LogP contribution in [0.5, 0.6) is 0 Å². The first-order chi connectivity index (χ1) is 8.69. The zero-order chi connectivity index (χ0) is 13.0. The number of benzene rings is 1. The molecule has 0 aliphatic rings. The Labute approximate surface area is 109 Å². The molecule has 0 unspecified atom stereocenters. The maximum atomic E-state index is 11.4. The van der Waals surface area contributed by atoms with Crippen LogP contribution in [-0.2, 0) is 4.74 Å². The Balaban J connectivity index is 2.09. The number of carbonyl (C=O) groups is 1. The molecule has 94 valence electrons. The zero-order valence-corrected chi connectivity index (χ0v) is 11.0. The van der Waals surface area contributed by atoms with Gasteiger partial charge >= 0.3 is 5.97 Å². The molecule has 2 rings (SSSR count). The highest BCUT2D eigenvalue weighted by Gasteiger charge is 2.13. The molecule has 2 aromatic rings. The number of ether oxygens (including phenoxy) is 1. The Morgan fingerprint density at radius 3 is 3.06 bits per heavy atom. The summed E-state index contributed by atoms with van der Waals surface area (Å²) in [7, 11) is 0. The second-order valence-corrected chi connectivity index (χ2v) is 4.66. The number of nitrogens with zero attached hydrogens (tertiary/aromatic N) is 1. The Morgan fingerprint density at radius 1 is 1.50 bits per heavy atom. The van der Waals surface area contributed by atoms with Crippen molar-refractivity contribution in [2.75, 3.05) is 6.61 Å². The van der Waals surface area contributed by atoms with Gasteiger partial charge in [-0.1, -0.05) is 17.7 Å². The number of oxazole rings is 1. The molecule has 0 saturated carbocycles. The number of hydrogen-bond acceptors (Lipinski definition) is 5. The molecule has 0 saturated heterocycles. The first kappa shape index (κ1) is 12.7. The molecule has 0 aliphatic heterocycles. The third-order valence-electron chi connectivity index (χ3n) is 2.16. The van der Waals surface area contributed by atoms with Gasteiger partial charge in [-0.2, -0.15) is 4.98 Å². The molecule has 5 heteroatoms. The molecule has 1 aromatic carbocycles. The average molecular weight is 263 g/mol. The van der Waals surface area contributed by atoms with Crippen LogP contribution in [0.25, 0.3) is 0 Å². The van der Waals surface area contributed by atoms with Gasteiger partial charge in [-0.15, -0.1) is 0 Å². The van der Waals surface area contributed by atoms with Crippen molar-refractivity contribution in [1.82, 2.24) is 4.98 Å². The van der Waals surface area contributed by atoms with Crippen molar-refractivity contribution in [3.63, 3.8) is 0 Å². The molecule has 0 N–H and O–H groups in total. The van der Waals surface area contributed by atoms with Crippen LogP contribution in [0, 0.1) is 6.92 Å². The highest BCUT2D eigenvalue weighted by molar-refractivity contribution is 7.99. The third kappa shape index (κ3) is 3.13. The number of aryl methyl sites for hydroxylation is 1. The van der Waals surface area contributed by atoms with E-state index in [9.17, 15) is 4.79 Å². The highest BCUT2D eigenvalue weighted by Crippen LogP contribution is 2.27. The zero-order valence-electron chi connectivity index (χ0n) is 10.2. The van der Waals surface area contributed by atoms with E-state index < -0.39 is 5.97 Å². The summed E-state index contributed by atoms with van der Waals surface area (Å²) in [6.07, 6.45) is 1.32. The summed E-state index contributed by atoms with van der Waals surface area (Å²) >= 11 is 1.37. The van der Waals surface area contributed by atoms with Gasteiger partial charge in [-0.05, 0) is 37.7 Å². The van der Waals surface area contributed by atoms with Gasteiger partial charge in [0, 0.05) is 4.90 Å². The van der Waals surface area contributed by atoms with Crippen molar-refractivity contribution in [1.29, 1.82) is 0 Å². The van der Waals surface area contributed by atoms with E-state index in [0.717, 1.165) is 10.5 Å². The molecule has 0 radical (unpaired) electrons. The third-order valence-corrected chi connectivity index (χ3v) is 3.01. The number of aromatic nitrogens is 1. The van der Waals surface area contributed by atoms with E-state index in [-0.39, 0.29) is 5.69 Å². The fraction of sp³-hybridized carbons (Fsp3) is 0.231. The topological polar surface area (TPSA) is 52.3 Å². The molecular formula is C13H13NO3S. The van der Waals surface area contributed by atoms with Crippen molar-refractivity contribution in [2.45, 2.75) is 24.0 Å². The maximum Gasteiger partial charge on any atom is 0.360 e. The van der Waals surface area contributed by atoms with E-state index in [4.69, 9.17) is 9.15 Å². The Hall–Kier alpha value is -1.75. The fourth-order valence-corrected chi connectivity index (χ4v) is 2.22. The minimum Gasteiger partial charge on any atom is -0.461 e. The van der Waals surface area contributed by atoms with E-state index in [0.29, 0.717) is 11.8 Å². The van der Waals surface area contributed by atoms with Crippen LogP contribution in [0.1, 0.15) is 23.0 Å². The minimum absolute atomic E-state index is 0.201. The van der Waals surface area contributed by atoms with Gasteiger partial charge in [-0.25, -0.2) is 4.79 Å². The Morgan fingerprint density at radius 2 is 2.33 bits per heavy atom. The molecule has 0 aliphatic carbocycles. The summed E-state index contributed by atoms with van der Waals surface area (Å²) in [6, 6.07) is 7.97. The van der Waals surface area contributed by atoms with E-state index >= 15 is 0 Å². The number of carbonyl (C=O) groups excluding carboxylic acids is 1. The van der Waals surface area contributed by atoms with E-state index in [1.54, 1.807) is 6.92 Å². The lowest BCUT2D eigenvalue weighted by atomic mass is 10.2. The van der Waals surface area contributed by atoms with Crippen LogP contribution >= 0.6 is 11.8 Å². The maximum absolute atomic E-state index is 11.4. The molecule has 0 atom stereocenters. The SMILES string of the molecule is CCOC(=O)c1coc(Sc2cccc(C)c2)n1. The Kier molecular flexibility index (Phi) is 4.04. The van der Waals surface area contributed by atoms with Gasteiger partial charge < -0.3 is 9.15 Å². The van der Waals surface area contributed by atoms with E-state index in [1.807, 2.05) is 31.2 Å². The summed E-state index contributed by atoms with van der Waals surface area (Å²) in [6.45, 7) is 4.09. The molecule has 0 spiro atoms. The molecule has 0 fully saturated rings. The number of rotatable bonds is 4. The molecule has 0 bridgehead atoms. The van der Waals surface area contributed by atoms with E-state index in [1.165, 1.54) is 18.0 Å². The molecule has 0 amide bonds. The number of hydrogen-bond donors (Lipinski definition) is 0. The predicted molar refractivity (Wildman–Crippen MR) is 67.8 cm³/mol. The number of esters is 1. The van der Waals surface area contributed by atoms with Crippen molar-refractivity contribution in [3.05, 3.63) is 41.8 Å². The van der Waals surface area contributed by atoms with Gasteiger partial charge in [-0.3, -0.25) is 0 Å². The molecule has 18 heavy (non-hydrogen) atoms. The van der Waals surface area contributed by atoms with Gasteiger partial charge in [0.2, 0.25) is 0 Å². The smallest absolute Gasteiger partial charge is 0.360 e. The van der Waals surface area contributed by atoms with Crippen LogP contribution in [0.3, 0.4) is 0 Å². The fourth-order valence-electron chi connectivity index (χ4n) is 1.38. The standard InChI is InChI=1S/C13H13NO3S/c1-3-16-12(15)11-8-17-13(14-11)18-10-6-4-5-9(2)7-10/h4-8H,3H2,1-2H3. The van der Waals surface area contributed by atoms with Gasteiger partial charge in [0.05, 0.1) is 6.61 Å². The summed E-state index contributed by atoms with van der Waals surface area (Å²) in [5, 5.41) is 0.434. The molecule has 4 nitrogen and oxygen atoms in total. The highest BCUT2D eigenvalue weighted by atomic mass is 32.2. The van der Waals surface area contributed by atoms with Gasteiger partial charge in [0.15, 0.2) is 5.69 Å². The monoisotopic (exact) mass is 263 g/mol. The van der Waals surface area contributed by atoms with Gasteiger partial charge in [0.25, 0.3) is 5.22 Å². The molecule has 1 aromatic heterocycles. The van der Waals surface area contributed by atoms with Crippen molar-refractivity contribution in [3.8, 4) is 0 Å². The summed E-state index contributed by atoms with van der Waals surface area (Å²) < 4.78 is 10.1. The van der Waals surface area contributed by atoms with E-state index in [2.05, 4.69) is 4.98 Å². The molecular weight excluding hydrogens is 250 g/mol. The summed E-state index contributed by atoms with van der Waals surface area (Å²) in [5.41, 5.74) is 1.36. The predicted octanol–water partition coefficient (Wildman–Crippen LogP) is 3.31. The van der Waals surface area contributed by atoms with Crippen LogP contribution in [0.2, 0.25) is 0 Å². The lowest BCUT2D eigenvalue weighted by Crippen LogP contribution is -2.04. The van der Waals surface area contributed by atoms with Crippen molar-refractivity contribution < 1.29 is 13.9 Å². The summed E-state index contributed by atoms with van der Waals surface area (Å²) in [4.78, 5) is 16.5. The summed E-state index contributed by atoms with van der Waals surface area (Å²) in [5.74, 6) is -0.461. The lowest BCUT2D eigenvalue weighted by Gasteiger charge is -1.98. The van der Waals surface area contributed by atoms with Gasteiger partial charge in [0.1, 0.15) is 6.26 Å². The minimum atomic E-state index is -0.461. The first-order valence-corrected chi connectivity index (χ1v) is 6.38. The average Bonchev–Trinajstić information content (AvgIpc) is 2.78. The van der Waals surface area contributed by atoms with Crippen molar-refractivity contribution >= 4 is 17.7 Å². The largest absolute Gasteiger partial charge is 0.461 e. The van der Waals surface area contributed by atoms with Crippen LogP contribution in [0.4, 0.5) is 0 Å². The van der Waals surface area contributed by atoms with Crippen LogP contribution < -0.4 is 0 Å². The lowest BCUT2D eigenvalue weighted by molar-refractivity contribution is 0.0519. The first-order valence-electron chi connectivity index (χ1n) is 5.56. The van der Waals surface area contributed by atoms with Crippen molar-refractivity contribution in [2.24, 2.45) is 0 Å². The quantitative estimate of drug-likeness (QED) is 0.792. The normalized spacial score (nSPS) is 10.3. The molecule has 1 heterocycles. The second kappa shape index (κ2) is 5.73.